The second-order valence-electron chi connectivity index (χ2n) is 4.39. The first kappa shape index (κ1) is 12.6. The van der Waals surface area contributed by atoms with Crippen LogP contribution in [0, 0.1) is 11.6 Å². The van der Waals surface area contributed by atoms with Crippen molar-refractivity contribution in [2.75, 3.05) is 5.32 Å². The summed E-state index contributed by atoms with van der Waals surface area (Å²) in [5, 5.41) is 3.19. The number of anilines is 1. The summed E-state index contributed by atoms with van der Waals surface area (Å²) >= 11 is 0. The largest absolute Gasteiger partial charge is 0.382 e. The van der Waals surface area contributed by atoms with E-state index < -0.39 is 0 Å². The molecule has 0 aliphatic heterocycles. The molecule has 1 N–H and O–H groups in total. The quantitative estimate of drug-likeness (QED) is 0.860. The fraction of sp³-hybridized carbons (Fsp3) is 0.200. The summed E-state index contributed by atoms with van der Waals surface area (Å²) in [5.41, 5.74) is 1.66. The molecule has 1 unspecified atom stereocenters. The molecule has 0 amide bonds. The van der Waals surface area contributed by atoms with Gasteiger partial charge in [-0.15, -0.1) is 0 Å². The lowest BCUT2D eigenvalue weighted by Gasteiger charge is -2.15. The first-order valence-corrected chi connectivity index (χ1v) is 5.90. The third-order valence-electron chi connectivity index (χ3n) is 2.67. The zero-order chi connectivity index (χ0) is 13.0. The molecule has 0 spiro atoms. The Kier molecular flexibility index (Phi) is 3.92. The van der Waals surface area contributed by atoms with E-state index >= 15 is 0 Å². The number of hydrogen-bond donors (Lipinski definition) is 1. The highest BCUT2D eigenvalue weighted by molar-refractivity contribution is 5.44. The van der Waals surface area contributed by atoms with E-state index in [1.165, 1.54) is 24.3 Å². The van der Waals surface area contributed by atoms with Gasteiger partial charge in [-0.3, -0.25) is 0 Å². The zero-order valence-electron chi connectivity index (χ0n) is 10.2. The summed E-state index contributed by atoms with van der Waals surface area (Å²) in [6.07, 6.45) is 0.689. The standard InChI is InChI=1S/C15H15F2N/c1-11(8-12-4-2-5-13(16)9-12)18-15-7-3-6-14(17)10-15/h2-7,9-11,18H,8H2,1H3. The van der Waals surface area contributed by atoms with Gasteiger partial charge in [0.05, 0.1) is 0 Å². The highest BCUT2D eigenvalue weighted by Gasteiger charge is 2.05. The minimum Gasteiger partial charge on any atom is -0.382 e. The van der Waals surface area contributed by atoms with Crippen molar-refractivity contribution in [3.05, 3.63) is 65.7 Å². The summed E-state index contributed by atoms with van der Waals surface area (Å²) < 4.78 is 26.0. The number of halogens is 2. The van der Waals surface area contributed by atoms with Gasteiger partial charge in [-0.25, -0.2) is 8.78 Å². The van der Waals surface area contributed by atoms with Gasteiger partial charge < -0.3 is 5.32 Å². The zero-order valence-corrected chi connectivity index (χ0v) is 10.2. The fourth-order valence-corrected chi connectivity index (χ4v) is 1.93. The number of nitrogens with one attached hydrogen (secondary N) is 1. The van der Waals surface area contributed by atoms with E-state index in [0.29, 0.717) is 6.42 Å². The van der Waals surface area contributed by atoms with E-state index in [-0.39, 0.29) is 17.7 Å². The van der Waals surface area contributed by atoms with Gasteiger partial charge in [-0.05, 0) is 49.2 Å². The molecule has 2 aromatic carbocycles. The lowest BCUT2D eigenvalue weighted by Crippen LogP contribution is -2.18. The maximum atomic E-state index is 13.0. The predicted molar refractivity (Wildman–Crippen MR) is 69.6 cm³/mol. The molecule has 2 rings (SSSR count). The number of hydrogen-bond acceptors (Lipinski definition) is 1. The molecule has 0 heterocycles. The number of benzene rings is 2. The minimum absolute atomic E-state index is 0.105. The topological polar surface area (TPSA) is 12.0 Å². The predicted octanol–water partition coefficient (Wildman–Crippen LogP) is 4.01. The Balaban J connectivity index is 1.98. The van der Waals surface area contributed by atoms with Crippen molar-refractivity contribution in [2.45, 2.75) is 19.4 Å². The molecule has 1 atom stereocenters. The van der Waals surface area contributed by atoms with Crippen molar-refractivity contribution in [3.63, 3.8) is 0 Å². The van der Waals surface area contributed by atoms with Crippen molar-refractivity contribution in [3.8, 4) is 0 Å². The molecule has 1 nitrogen and oxygen atoms in total. The molecule has 0 aliphatic rings. The van der Waals surface area contributed by atoms with E-state index in [2.05, 4.69) is 5.32 Å². The second kappa shape index (κ2) is 5.63. The van der Waals surface area contributed by atoms with E-state index in [9.17, 15) is 8.78 Å². The van der Waals surface area contributed by atoms with E-state index in [1.807, 2.05) is 19.1 Å². The maximum absolute atomic E-state index is 13.0. The van der Waals surface area contributed by atoms with Crippen LogP contribution in [0.2, 0.25) is 0 Å². The molecule has 0 aliphatic carbocycles. The molecule has 0 bridgehead atoms. The normalized spacial score (nSPS) is 12.2. The van der Waals surface area contributed by atoms with Gasteiger partial charge in [0.15, 0.2) is 0 Å². The molecular weight excluding hydrogens is 232 g/mol. The summed E-state index contributed by atoms with van der Waals surface area (Å²) in [5.74, 6) is -0.497. The van der Waals surface area contributed by atoms with Gasteiger partial charge in [-0.2, -0.15) is 0 Å². The SMILES string of the molecule is CC(Cc1cccc(F)c1)Nc1cccc(F)c1. The number of rotatable bonds is 4. The Bertz CT molecular complexity index is 478. The Morgan fingerprint density at radius 3 is 2.33 bits per heavy atom. The van der Waals surface area contributed by atoms with Crippen LogP contribution in [-0.4, -0.2) is 6.04 Å². The molecule has 0 saturated carbocycles. The van der Waals surface area contributed by atoms with Crippen LogP contribution in [0.25, 0.3) is 0 Å². The summed E-state index contributed by atoms with van der Waals surface area (Å²) in [4.78, 5) is 0. The third-order valence-corrected chi connectivity index (χ3v) is 2.67. The summed E-state index contributed by atoms with van der Waals surface area (Å²) in [6.45, 7) is 1.98. The molecule has 0 radical (unpaired) electrons. The van der Waals surface area contributed by atoms with Crippen LogP contribution in [0.15, 0.2) is 48.5 Å². The molecule has 18 heavy (non-hydrogen) atoms. The molecule has 0 saturated heterocycles. The monoisotopic (exact) mass is 247 g/mol. The molecule has 94 valence electrons. The highest BCUT2D eigenvalue weighted by Crippen LogP contribution is 2.13. The average Bonchev–Trinajstić information content (AvgIpc) is 2.28. The summed E-state index contributed by atoms with van der Waals surface area (Å²) in [6, 6.07) is 12.9. The van der Waals surface area contributed by atoms with Crippen LogP contribution in [0.4, 0.5) is 14.5 Å². The van der Waals surface area contributed by atoms with Crippen LogP contribution in [0.3, 0.4) is 0 Å². The van der Waals surface area contributed by atoms with Crippen molar-refractivity contribution < 1.29 is 8.78 Å². The van der Waals surface area contributed by atoms with Gasteiger partial charge in [-0.1, -0.05) is 18.2 Å². The van der Waals surface area contributed by atoms with Gasteiger partial charge in [0.2, 0.25) is 0 Å². The van der Waals surface area contributed by atoms with Crippen LogP contribution in [-0.2, 0) is 6.42 Å². The fourth-order valence-electron chi connectivity index (χ4n) is 1.93. The lowest BCUT2D eigenvalue weighted by atomic mass is 10.1. The van der Waals surface area contributed by atoms with Gasteiger partial charge >= 0.3 is 0 Å². The van der Waals surface area contributed by atoms with Gasteiger partial charge in [0.1, 0.15) is 11.6 Å². The Morgan fingerprint density at radius 2 is 1.67 bits per heavy atom. The highest BCUT2D eigenvalue weighted by atomic mass is 19.1. The van der Waals surface area contributed by atoms with Crippen molar-refractivity contribution in [1.29, 1.82) is 0 Å². The third kappa shape index (κ3) is 3.55. The first-order valence-electron chi connectivity index (χ1n) is 5.90. The van der Waals surface area contributed by atoms with Crippen molar-refractivity contribution >= 4 is 5.69 Å². The van der Waals surface area contributed by atoms with Crippen LogP contribution < -0.4 is 5.32 Å². The smallest absolute Gasteiger partial charge is 0.125 e. The average molecular weight is 247 g/mol. The molecule has 0 fully saturated rings. The van der Waals surface area contributed by atoms with Crippen molar-refractivity contribution in [1.82, 2.24) is 0 Å². The Labute approximate surface area is 105 Å². The van der Waals surface area contributed by atoms with E-state index in [1.54, 1.807) is 12.1 Å². The van der Waals surface area contributed by atoms with Crippen molar-refractivity contribution in [2.24, 2.45) is 0 Å². The molecular formula is C15H15F2N. The summed E-state index contributed by atoms with van der Waals surface area (Å²) in [7, 11) is 0. The van der Waals surface area contributed by atoms with Crippen LogP contribution in [0.1, 0.15) is 12.5 Å². The second-order valence-corrected chi connectivity index (χ2v) is 4.39. The van der Waals surface area contributed by atoms with Crippen LogP contribution >= 0.6 is 0 Å². The van der Waals surface area contributed by atoms with Gasteiger partial charge in [0, 0.05) is 11.7 Å². The van der Waals surface area contributed by atoms with Crippen LogP contribution in [0.5, 0.6) is 0 Å². The molecule has 0 aromatic heterocycles. The van der Waals surface area contributed by atoms with E-state index in [4.69, 9.17) is 0 Å². The molecule has 3 heteroatoms. The first-order chi connectivity index (χ1) is 8.63. The Morgan fingerprint density at radius 1 is 1.00 bits per heavy atom. The molecule has 2 aromatic rings. The lowest BCUT2D eigenvalue weighted by molar-refractivity contribution is 0.623. The maximum Gasteiger partial charge on any atom is 0.125 e. The van der Waals surface area contributed by atoms with Gasteiger partial charge in [0.25, 0.3) is 0 Å². The Hall–Kier alpha value is -1.90. The minimum atomic E-state index is -0.266. The van der Waals surface area contributed by atoms with E-state index in [0.717, 1.165) is 11.3 Å².